The van der Waals surface area contributed by atoms with Crippen molar-refractivity contribution in [1.82, 2.24) is 0 Å². The van der Waals surface area contributed by atoms with Crippen LogP contribution in [0.1, 0.15) is 34.1 Å². The van der Waals surface area contributed by atoms with Crippen LogP contribution in [0.4, 0.5) is 0 Å². The summed E-state index contributed by atoms with van der Waals surface area (Å²) in [4.78, 5) is 0. The maximum Gasteiger partial charge on any atom is 0.00856 e. The first-order valence-corrected chi connectivity index (χ1v) is 4.79. The van der Waals surface area contributed by atoms with Crippen LogP contribution in [-0.4, -0.2) is 5.33 Å². The highest BCUT2D eigenvalue weighted by molar-refractivity contribution is 9.09. The summed E-state index contributed by atoms with van der Waals surface area (Å²) in [5, 5.41) is 1.07. The molecule has 0 fully saturated rings. The van der Waals surface area contributed by atoms with Crippen LogP contribution in [0.2, 0.25) is 0 Å². The van der Waals surface area contributed by atoms with Crippen LogP contribution in [0.3, 0.4) is 0 Å². The number of hydrogen-bond donors (Lipinski definition) is 0. The van der Waals surface area contributed by atoms with Gasteiger partial charge in [-0.3, -0.25) is 0 Å². The normalized spacial score (nSPS) is 11.3. The van der Waals surface area contributed by atoms with Crippen molar-refractivity contribution in [2.45, 2.75) is 34.1 Å². The van der Waals surface area contributed by atoms with E-state index in [2.05, 4.69) is 49.7 Å². The fourth-order valence-electron chi connectivity index (χ4n) is 0.535. The first kappa shape index (κ1) is 10.2. The molecule has 0 heterocycles. The highest BCUT2D eigenvalue weighted by Gasteiger charge is 2.13. The highest BCUT2D eigenvalue weighted by atomic mass is 79.9. The van der Waals surface area contributed by atoms with Crippen molar-refractivity contribution >= 4 is 15.9 Å². The zero-order valence-electron chi connectivity index (χ0n) is 7.37. The third-order valence-electron chi connectivity index (χ3n) is 1.42. The van der Waals surface area contributed by atoms with E-state index >= 15 is 0 Å². The predicted octanol–water partition coefficient (Wildman–Crippen LogP) is 3.76. The van der Waals surface area contributed by atoms with Gasteiger partial charge in [0.2, 0.25) is 0 Å². The molecule has 0 saturated heterocycles. The molecule has 0 aromatic heterocycles. The summed E-state index contributed by atoms with van der Waals surface area (Å²) in [6.45, 7) is 8.82. The van der Waals surface area contributed by atoms with E-state index in [-0.39, 0.29) is 0 Å². The molecule has 0 rings (SSSR count). The zero-order valence-corrected chi connectivity index (χ0v) is 8.96. The van der Waals surface area contributed by atoms with Gasteiger partial charge in [0, 0.05) is 5.33 Å². The predicted molar refractivity (Wildman–Crippen MR) is 51.6 cm³/mol. The lowest BCUT2D eigenvalue weighted by Gasteiger charge is -2.18. The Balaban J connectivity index is 3.78. The Morgan fingerprint density at radius 3 is 2.20 bits per heavy atom. The van der Waals surface area contributed by atoms with Gasteiger partial charge in [0.05, 0.1) is 0 Å². The van der Waals surface area contributed by atoms with Gasteiger partial charge in [-0.1, -0.05) is 41.4 Å². The topological polar surface area (TPSA) is 0 Å². The van der Waals surface area contributed by atoms with Gasteiger partial charge in [-0.25, -0.2) is 0 Å². The van der Waals surface area contributed by atoms with Gasteiger partial charge in [0.25, 0.3) is 0 Å². The van der Waals surface area contributed by atoms with E-state index in [1.165, 1.54) is 12.0 Å². The second-order valence-electron chi connectivity index (χ2n) is 3.78. The molecule has 0 aliphatic rings. The lowest BCUT2D eigenvalue weighted by molar-refractivity contribution is 0.433. The summed E-state index contributed by atoms with van der Waals surface area (Å²) >= 11 is 3.49. The molecule has 0 unspecified atom stereocenters. The Morgan fingerprint density at radius 2 is 1.90 bits per heavy atom. The molecule has 0 N–H and O–H groups in total. The average Bonchev–Trinajstić information content (AvgIpc) is 1.85. The Kier molecular flexibility index (Phi) is 4.26. The summed E-state index contributed by atoms with van der Waals surface area (Å²) in [5.41, 5.74) is 1.83. The maximum absolute atomic E-state index is 3.49. The van der Waals surface area contributed by atoms with Crippen LogP contribution >= 0.6 is 15.9 Å². The molecule has 60 valence electrons. The number of allylic oxidation sites excluding steroid dienone is 2. The quantitative estimate of drug-likeness (QED) is 0.486. The van der Waals surface area contributed by atoms with Crippen LogP contribution in [0.15, 0.2) is 11.6 Å². The van der Waals surface area contributed by atoms with Gasteiger partial charge >= 0.3 is 0 Å². The summed E-state index contributed by atoms with van der Waals surface area (Å²) in [6, 6.07) is 0. The molecular formula is C9H17Br. The molecule has 0 spiro atoms. The van der Waals surface area contributed by atoms with Crippen LogP contribution < -0.4 is 0 Å². The number of rotatable bonds is 3. The van der Waals surface area contributed by atoms with Crippen LogP contribution in [0.25, 0.3) is 0 Å². The van der Waals surface area contributed by atoms with Crippen LogP contribution in [-0.2, 0) is 0 Å². The largest absolute Gasteiger partial charge is 0.0922 e. The standard InChI is InChI=1S/C9H17Br/c1-8(2)5-6-9(3,4)7-10/h5H,6-7H2,1-4H3. The van der Waals surface area contributed by atoms with Gasteiger partial charge in [0.15, 0.2) is 0 Å². The number of alkyl halides is 1. The van der Waals surface area contributed by atoms with Gasteiger partial charge in [-0.15, -0.1) is 0 Å². The van der Waals surface area contributed by atoms with Crippen molar-refractivity contribution in [3.63, 3.8) is 0 Å². The Bertz CT molecular complexity index is 119. The molecule has 0 nitrogen and oxygen atoms in total. The van der Waals surface area contributed by atoms with Gasteiger partial charge in [-0.05, 0) is 25.7 Å². The molecule has 0 aliphatic carbocycles. The van der Waals surface area contributed by atoms with E-state index in [0.29, 0.717) is 5.41 Å². The maximum atomic E-state index is 3.49. The minimum Gasteiger partial charge on any atom is -0.0922 e. The van der Waals surface area contributed by atoms with Gasteiger partial charge in [0.1, 0.15) is 0 Å². The van der Waals surface area contributed by atoms with Crippen molar-refractivity contribution < 1.29 is 0 Å². The first-order chi connectivity index (χ1) is 4.48. The molecule has 10 heavy (non-hydrogen) atoms. The summed E-state index contributed by atoms with van der Waals surface area (Å²) in [7, 11) is 0. The zero-order chi connectivity index (χ0) is 8.20. The Morgan fingerprint density at radius 1 is 1.40 bits per heavy atom. The van der Waals surface area contributed by atoms with Crippen molar-refractivity contribution in [3.05, 3.63) is 11.6 Å². The van der Waals surface area contributed by atoms with E-state index in [9.17, 15) is 0 Å². The van der Waals surface area contributed by atoms with Crippen LogP contribution in [0.5, 0.6) is 0 Å². The molecule has 0 bridgehead atoms. The summed E-state index contributed by atoms with van der Waals surface area (Å²) < 4.78 is 0. The number of halogens is 1. The second kappa shape index (κ2) is 4.17. The fraction of sp³-hybridized carbons (Fsp3) is 0.778. The molecular weight excluding hydrogens is 188 g/mol. The molecule has 0 aromatic rings. The van der Waals surface area contributed by atoms with Crippen LogP contribution in [0, 0.1) is 5.41 Å². The van der Waals surface area contributed by atoms with Crippen molar-refractivity contribution in [1.29, 1.82) is 0 Å². The Labute approximate surface area is 72.8 Å². The lowest BCUT2D eigenvalue weighted by Crippen LogP contribution is -2.11. The first-order valence-electron chi connectivity index (χ1n) is 3.67. The molecule has 0 aromatic carbocycles. The summed E-state index contributed by atoms with van der Waals surface area (Å²) in [6.07, 6.45) is 3.46. The third-order valence-corrected chi connectivity index (χ3v) is 2.94. The SMILES string of the molecule is CC(C)=CCC(C)(C)CBr. The van der Waals surface area contributed by atoms with Gasteiger partial charge < -0.3 is 0 Å². The lowest BCUT2D eigenvalue weighted by atomic mass is 9.91. The molecule has 0 saturated carbocycles. The monoisotopic (exact) mass is 204 g/mol. The summed E-state index contributed by atoms with van der Waals surface area (Å²) in [5.74, 6) is 0. The molecule has 0 amide bonds. The molecule has 0 radical (unpaired) electrons. The van der Waals surface area contributed by atoms with E-state index in [0.717, 1.165) is 5.33 Å². The molecule has 0 atom stereocenters. The minimum atomic E-state index is 0.414. The Hall–Kier alpha value is 0.220. The van der Waals surface area contributed by atoms with E-state index in [4.69, 9.17) is 0 Å². The highest BCUT2D eigenvalue weighted by Crippen LogP contribution is 2.23. The van der Waals surface area contributed by atoms with Crippen molar-refractivity contribution in [3.8, 4) is 0 Å². The second-order valence-corrected chi connectivity index (χ2v) is 4.34. The van der Waals surface area contributed by atoms with E-state index in [1.807, 2.05) is 0 Å². The number of hydrogen-bond acceptors (Lipinski definition) is 0. The van der Waals surface area contributed by atoms with Gasteiger partial charge in [-0.2, -0.15) is 0 Å². The van der Waals surface area contributed by atoms with Crippen molar-refractivity contribution in [2.75, 3.05) is 5.33 Å². The van der Waals surface area contributed by atoms with E-state index in [1.54, 1.807) is 0 Å². The smallest absolute Gasteiger partial charge is 0.00856 e. The average molecular weight is 205 g/mol. The molecule has 1 heteroatoms. The third kappa shape index (κ3) is 5.04. The van der Waals surface area contributed by atoms with E-state index < -0.39 is 0 Å². The minimum absolute atomic E-state index is 0.414. The molecule has 0 aliphatic heterocycles. The van der Waals surface area contributed by atoms with Crippen molar-refractivity contribution in [2.24, 2.45) is 5.41 Å². The fourth-order valence-corrected chi connectivity index (χ4v) is 0.764.